The highest BCUT2D eigenvalue weighted by atomic mass is 19.1. The first kappa shape index (κ1) is 10.2. The van der Waals surface area contributed by atoms with Gasteiger partial charge in [-0.15, -0.1) is 0 Å². The highest BCUT2D eigenvalue weighted by molar-refractivity contribution is 5.79. The minimum absolute atomic E-state index is 0.00509. The highest BCUT2D eigenvalue weighted by Gasteiger charge is 2.24. The van der Waals surface area contributed by atoms with Crippen molar-refractivity contribution < 1.29 is 9.18 Å². The molecule has 0 aromatic heterocycles. The molecule has 1 amide bonds. The summed E-state index contributed by atoms with van der Waals surface area (Å²) in [5, 5.41) is 2.58. The van der Waals surface area contributed by atoms with Crippen molar-refractivity contribution in [3.05, 3.63) is 12.2 Å². The minimum atomic E-state index is -0.483. The lowest BCUT2D eigenvalue weighted by atomic mass is 9.84. The fourth-order valence-corrected chi connectivity index (χ4v) is 1.62. The van der Waals surface area contributed by atoms with Gasteiger partial charge in [0.25, 0.3) is 0 Å². The Balaban J connectivity index is 2.41. The number of rotatable bonds is 3. The van der Waals surface area contributed by atoms with E-state index in [1.165, 1.54) is 0 Å². The van der Waals surface area contributed by atoms with Crippen molar-refractivity contribution in [2.45, 2.75) is 19.8 Å². The Labute approximate surface area is 78.2 Å². The van der Waals surface area contributed by atoms with Gasteiger partial charge in [0.2, 0.25) is 5.91 Å². The number of nitrogens with one attached hydrogen (secondary N) is 1. The van der Waals surface area contributed by atoms with Gasteiger partial charge in [0, 0.05) is 12.5 Å². The molecule has 0 aromatic rings. The van der Waals surface area contributed by atoms with Crippen LogP contribution in [0.2, 0.25) is 0 Å². The van der Waals surface area contributed by atoms with E-state index in [-0.39, 0.29) is 18.4 Å². The number of amides is 1. The van der Waals surface area contributed by atoms with E-state index in [9.17, 15) is 9.18 Å². The quantitative estimate of drug-likeness (QED) is 0.666. The van der Waals surface area contributed by atoms with Crippen LogP contribution in [0.15, 0.2) is 12.2 Å². The molecule has 74 valence electrons. The first-order valence-corrected chi connectivity index (χ1v) is 4.74. The van der Waals surface area contributed by atoms with Gasteiger partial charge in [-0.1, -0.05) is 19.1 Å². The molecule has 1 aliphatic carbocycles. The largest absolute Gasteiger partial charge is 0.353 e. The molecule has 0 spiro atoms. The molecule has 2 nitrogen and oxygen atoms in total. The lowest BCUT2D eigenvalue weighted by molar-refractivity contribution is -0.126. The number of alkyl halides is 1. The van der Waals surface area contributed by atoms with E-state index in [0.29, 0.717) is 5.92 Å². The maximum atomic E-state index is 11.8. The summed E-state index contributed by atoms with van der Waals surface area (Å²) in [6.45, 7) is 1.72. The topological polar surface area (TPSA) is 29.1 Å². The summed E-state index contributed by atoms with van der Waals surface area (Å²) in [5.74, 6) is 0.413. The fourth-order valence-electron chi connectivity index (χ4n) is 1.62. The van der Waals surface area contributed by atoms with Gasteiger partial charge in [-0.25, -0.2) is 4.39 Å². The molecule has 13 heavy (non-hydrogen) atoms. The van der Waals surface area contributed by atoms with Crippen LogP contribution in [-0.2, 0) is 4.79 Å². The van der Waals surface area contributed by atoms with Crippen LogP contribution in [0.25, 0.3) is 0 Å². The molecule has 3 heteroatoms. The van der Waals surface area contributed by atoms with E-state index >= 15 is 0 Å². The second-order valence-electron chi connectivity index (χ2n) is 3.51. The zero-order valence-electron chi connectivity index (χ0n) is 7.92. The minimum Gasteiger partial charge on any atom is -0.353 e. The normalized spacial score (nSPS) is 27.2. The maximum Gasteiger partial charge on any atom is 0.223 e. The second-order valence-corrected chi connectivity index (χ2v) is 3.51. The van der Waals surface area contributed by atoms with Crippen LogP contribution in [0.5, 0.6) is 0 Å². The first-order valence-electron chi connectivity index (χ1n) is 4.74. The predicted molar refractivity (Wildman–Crippen MR) is 50.0 cm³/mol. The monoisotopic (exact) mass is 185 g/mol. The molecule has 0 saturated heterocycles. The number of carbonyl (C=O) groups is 1. The summed E-state index contributed by atoms with van der Waals surface area (Å²) < 4.78 is 11.8. The van der Waals surface area contributed by atoms with Gasteiger partial charge in [-0.3, -0.25) is 4.79 Å². The van der Waals surface area contributed by atoms with Gasteiger partial charge in [0.1, 0.15) is 6.67 Å². The summed E-state index contributed by atoms with van der Waals surface area (Å²) in [7, 11) is 0. The van der Waals surface area contributed by atoms with E-state index in [2.05, 4.69) is 18.3 Å². The van der Waals surface area contributed by atoms with Crippen molar-refractivity contribution in [1.29, 1.82) is 0 Å². The third kappa shape index (κ3) is 2.83. The Bertz CT molecular complexity index is 203. The van der Waals surface area contributed by atoms with Crippen molar-refractivity contribution in [3.8, 4) is 0 Å². The van der Waals surface area contributed by atoms with E-state index < -0.39 is 6.67 Å². The summed E-state index contributed by atoms with van der Waals surface area (Å²) >= 11 is 0. The summed E-state index contributed by atoms with van der Waals surface area (Å²) in [5.41, 5.74) is 0. The van der Waals surface area contributed by atoms with Crippen LogP contribution in [0, 0.1) is 11.8 Å². The van der Waals surface area contributed by atoms with Crippen molar-refractivity contribution in [2.75, 3.05) is 13.2 Å². The van der Waals surface area contributed by atoms with Crippen LogP contribution in [-0.4, -0.2) is 19.1 Å². The number of allylic oxidation sites excluding steroid dienone is 2. The number of hydrogen-bond acceptors (Lipinski definition) is 1. The number of halogens is 1. The third-order valence-corrected chi connectivity index (χ3v) is 2.48. The molecule has 0 aromatic carbocycles. The average Bonchev–Trinajstić information content (AvgIpc) is 2.15. The predicted octanol–water partition coefficient (Wildman–Crippen LogP) is 1.67. The van der Waals surface area contributed by atoms with Gasteiger partial charge in [-0.2, -0.15) is 0 Å². The molecule has 0 heterocycles. The average molecular weight is 185 g/mol. The van der Waals surface area contributed by atoms with E-state index in [0.717, 1.165) is 12.8 Å². The summed E-state index contributed by atoms with van der Waals surface area (Å²) in [4.78, 5) is 11.5. The Morgan fingerprint density at radius 2 is 2.23 bits per heavy atom. The molecular formula is C10H16FNO. The highest BCUT2D eigenvalue weighted by Crippen LogP contribution is 2.24. The lowest BCUT2D eigenvalue weighted by Crippen LogP contribution is -2.35. The van der Waals surface area contributed by atoms with E-state index in [4.69, 9.17) is 0 Å². The standard InChI is InChI=1S/C10H16FNO/c1-8-4-2-3-5-9(8)10(13)12-7-6-11/h2-3,8-9H,4-7H2,1H3,(H,12,13). The fraction of sp³-hybridized carbons (Fsp3) is 0.700. The molecule has 2 atom stereocenters. The molecule has 0 aliphatic heterocycles. The molecule has 0 saturated carbocycles. The van der Waals surface area contributed by atoms with Gasteiger partial charge in [-0.05, 0) is 18.8 Å². The van der Waals surface area contributed by atoms with Gasteiger partial charge < -0.3 is 5.32 Å². The van der Waals surface area contributed by atoms with Crippen molar-refractivity contribution in [3.63, 3.8) is 0 Å². The first-order chi connectivity index (χ1) is 6.25. The zero-order chi connectivity index (χ0) is 9.68. The van der Waals surface area contributed by atoms with Crippen LogP contribution < -0.4 is 5.32 Å². The van der Waals surface area contributed by atoms with Gasteiger partial charge in [0.05, 0.1) is 0 Å². The van der Waals surface area contributed by atoms with Crippen LogP contribution in [0.1, 0.15) is 19.8 Å². The molecule has 0 bridgehead atoms. The lowest BCUT2D eigenvalue weighted by Gasteiger charge is -2.23. The molecule has 0 radical (unpaired) electrons. The van der Waals surface area contributed by atoms with Crippen LogP contribution in [0.3, 0.4) is 0 Å². The van der Waals surface area contributed by atoms with Crippen molar-refractivity contribution >= 4 is 5.91 Å². The maximum absolute atomic E-state index is 11.8. The molecule has 1 rings (SSSR count). The SMILES string of the molecule is CC1CC=CCC1C(=O)NCCF. The van der Waals surface area contributed by atoms with Crippen molar-refractivity contribution in [2.24, 2.45) is 11.8 Å². The molecule has 2 unspecified atom stereocenters. The Morgan fingerprint density at radius 1 is 1.54 bits per heavy atom. The number of hydrogen-bond donors (Lipinski definition) is 1. The Hall–Kier alpha value is -0.860. The summed E-state index contributed by atoms with van der Waals surface area (Å²) in [6.07, 6.45) is 5.87. The molecule has 0 fully saturated rings. The van der Waals surface area contributed by atoms with Crippen LogP contribution in [0.4, 0.5) is 4.39 Å². The second kappa shape index (κ2) is 5.00. The Morgan fingerprint density at radius 3 is 2.85 bits per heavy atom. The molecule has 1 aliphatic rings. The van der Waals surface area contributed by atoms with Crippen LogP contribution >= 0.6 is 0 Å². The zero-order valence-corrected chi connectivity index (χ0v) is 7.92. The van der Waals surface area contributed by atoms with Gasteiger partial charge in [0.15, 0.2) is 0 Å². The molecular weight excluding hydrogens is 169 g/mol. The van der Waals surface area contributed by atoms with Crippen molar-refractivity contribution in [1.82, 2.24) is 5.32 Å². The van der Waals surface area contributed by atoms with E-state index in [1.54, 1.807) is 0 Å². The Kier molecular flexibility index (Phi) is 3.93. The third-order valence-electron chi connectivity index (χ3n) is 2.48. The van der Waals surface area contributed by atoms with E-state index in [1.807, 2.05) is 6.08 Å². The van der Waals surface area contributed by atoms with Gasteiger partial charge >= 0.3 is 0 Å². The molecule has 1 N–H and O–H groups in total. The smallest absolute Gasteiger partial charge is 0.223 e. The summed E-state index contributed by atoms with van der Waals surface area (Å²) in [6, 6.07) is 0. The number of carbonyl (C=O) groups excluding carboxylic acids is 1.